The van der Waals surface area contributed by atoms with Crippen molar-refractivity contribution in [1.29, 1.82) is 5.26 Å². The Kier molecular flexibility index (Phi) is 6.78. The highest BCUT2D eigenvalue weighted by Crippen LogP contribution is 2.23. The Hall–Kier alpha value is -2.59. The lowest BCUT2D eigenvalue weighted by molar-refractivity contribution is -0.126. The minimum Gasteiger partial charge on any atom is -0.383 e. The van der Waals surface area contributed by atoms with Crippen LogP contribution in [0, 0.1) is 17.2 Å². The van der Waals surface area contributed by atoms with E-state index in [9.17, 15) is 9.59 Å². The molecule has 0 bridgehead atoms. The summed E-state index contributed by atoms with van der Waals surface area (Å²) >= 11 is 0. The van der Waals surface area contributed by atoms with Crippen LogP contribution in [0.3, 0.4) is 0 Å². The molecule has 1 fully saturated rings. The van der Waals surface area contributed by atoms with Gasteiger partial charge in [0.1, 0.15) is 0 Å². The molecule has 2 rings (SSSR count). The van der Waals surface area contributed by atoms with Crippen molar-refractivity contribution in [1.82, 2.24) is 10.2 Å². The van der Waals surface area contributed by atoms with E-state index in [1.54, 1.807) is 36.3 Å². The summed E-state index contributed by atoms with van der Waals surface area (Å²) in [5, 5.41) is 14.6. The van der Waals surface area contributed by atoms with E-state index >= 15 is 0 Å². The lowest BCUT2D eigenvalue weighted by Gasteiger charge is -2.37. The van der Waals surface area contributed by atoms with Crippen molar-refractivity contribution in [2.45, 2.75) is 25.8 Å². The van der Waals surface area contributed by atoms with Crippen LogP contribution in [-0.4, -0.2) is 49.7 Å². The number of piperidine rings is 1. The number of carbonyl (C=O) groups is 2. The van der Waals surface area contributed by atoms with Crippen LogP contribution < -0.4 is 10.6 Å². The van der Waals surface area contributed by atoms with Crippen molar-refractivity contribution in [3.8, 4) is 6.07 Å². The van der Waals surface area contributed by atoms with E-state index in [0.717, 1.165) is 12.8 Å². The lowest BCUT2D eigenvalue weighted by atomic mass is 9.93. The van der Waals surface area contributed by atoms with Crippen LogP contribution in [0.1, 0.15) is 25.3 Å². The van der Waals surface area contributed by atoms with Crippen molar-refractivity contribution in [2.75, 3.05) is 32.1 Å². The minimum atomic E-state index is -0.253. The number of hydrogen-bond acceptors (Lipinski definition) is 4. The molecule has 0 saturated carbocycles. The molecule has 134 valence electrons. The van der Waals surface area contributed by atoms with Crippen molar-refractivity contribution in [3.63, 3.8) is 0 Å². The maximum Gasteiger partial charge on any atom is 0.322 e. The molecular weight excluding hydrogens is 320 g/mol. The van der Waals surface area contributed by atoms with Crippen LogP contribution in [0.2, 0.25) is 0 Å². The highest BCUT2D eigenvalue weighted by molar-refractivity contribution is 5.90. The zero-order chi connectivity index (χ0) is 18.2. The van der Waals surface area contributed by atoms with Gasteiger partial charge in [0.15, 0.2) is 0 Å². The summed E-state index contributed by atoms with van der Waals surface area (Å²) in [5.74, 6) is -0.266. The summed E-state index contributed by atoms with van der Waals surface area (Å²) < 4.78 is 4.93. The van der Waals surface area contributed by atoms with E-state index in [0.29, 0.717) is 30.9 Å². The molecule has 1 heterocycles. The van der Waals surface area contributed by atoms with Crippen molar-refractivity contribution in [2.24, 2.45) is 5.92 Å². The molecule has 25 heavy (non-hydrogen) atoms. The highest BCUT2D eigenvalue weighted by Gasteiger charge is 2.32. The standard InChI is InChI=1S/C18H24N4O3/c1-13-6-7-15(17(23)20-8-9-25-2)12-22(13)18(24)21-16-5-3-4-14(10-16)11-19/h3-5,10,13,15H,6-9,12H2,1-2H3,(H,20,23)(H,21,24). The van der Waals surface area contributed by atoms with Gasteiger partial charge in [0.05, 0.1) is 24.2 Å². The Bertz CT molecular complexity index is 656. The summed E-state index contributed by atoms with van der Waals surface area (Å²) in [5.41, 5.74) is 1.06. The predicted molar refractivity (Wildman–Crippen MR) is 94.0 cm³/mol. The largest absolute Gasteiger partial charge is 0.383 e. The first-order valence-electron chi connectivity index (χ1n) is 8.39. The van der Waals surface area contributed by atoms with Crippen LogP contribution in [-0.2, 0) is 9.53 Å². The van der Waals surface area contributed by atoms with Crippen LogP contribution in [0.15, 0.2) is 24.3 Å². The van der Waals surface area contributed by atoms with E-state index < -0.39 is 0 Å². The number of anilines is 1. The Morgan fingerprint density at radius 2 is 2.20 bits per heavy atom. The zero-order valence-electron chi connectivity index (χ0n) is 14.6. The summed E-state index contributed by atoms with van der Waals surface area (Å²) in [6.45, 7) is 3.29. The number of rotatable bonds is 5. The van der Waals surface area contributed by atoms with Crippen molar-refractivity contribution >= 4 is 17.6 Å². The van der Waals surface area contributed by atoms with E-state index in [1.165, 1.54) is 0 Å². The van der Waals surface area contributed by atoms with Gasteiger partial charge in [0.25, 0.3) is 0 Å². The molecule has 1 aromatic carbocycles. The van der Waals surface area contributed by atoms with E-state index in [1.807, 2.05) is 13.0 Å². The van der Waals surface area contributed by atoms with Gasteiger partial charge in [0, 0.05) is 31.9 Å². The fourth-order valence-electron chi connectivity index (χ4n) is 2.89. The second-order valence-corrected chi connectivity index (χ2v) is 6.18. The molecule has 3 amide bonds. The second kappa shape index (κ2) is 9.04. The normalized spacial score (nSPS) is 19.8. The highest BCUT2D eigenvalue weighted by atomic mass is 16.5. The Balaban J connectivity index is 1.97. The Morgan fingerprint density at radius 3 is 2.92 bits per heavy atom. The van der Waals surface area contributed by atoms with Gasteiger partial charge in [-0.3, -0.25) is 4.79 Å². The number of carbonyl (C=O) groups excluding carboxylic acids is 2. The summed E-state index contributed by atoms with van der Waals surface area (Å²) in [6, 6.07) is 8.62. The van der Waals surface area contributed by atoms with Crippen molar-refractivity contribution in [3.05, 3.63) is 29.8 Å². The van der Waals surface area contributed by atoms with Crippen LogP contribution in [0.25, 0.3) is 0 Å². The predicted octanol–water partition coefficient (Wildman–Crippen LogP) is 1.95. The third-order valence-electron chi connectivity index (χ3n) is 4.36. The fourth-order valence-corrected chi connectivity index (χ4v) is 2.89. The molecule has 1 aliphatic rings. The van der Waals surface area contributed by atoms with Gasteiger partial charge in [-0.2, -0.15) is 5.26 Å². The summed E-state index contributed by atoms with van der Waals surface area (Å²) in [7, 11) is 1.59. The monoisotopic (exact) mass is 344 g/mol. The average Bonchev–Trinajstić information content (AvgIpc) is 2.62. The Labute approximate surface area is 147 Å². The van der Waals surface area contributed by atoms with Crippen LogP contribution in [0.5, 0.6) is 0 Å². The summed E-state index contributed by atoms with van der Waals surface area (Å²) in [6.07, 6.45) is 1.53. The molecule has 1 saturated heterocycles. The fraction of sp³-hybridized carbons (Fsp3) is 0.500. The number of nitrogens with one attached hydrogen (secondary N) is 2. The zero-order valence-corrected chi connectivity index (χ0v) is 14.6. The van der Waals surface area contributed by atoms with E-state index in [2.05, 4.69) is 10.6 Å². The van der Waals surface area contributed by atoms with Gasteiger partial charge in [-0.05, 0) is 38.0 Å². The maximum absolute atomic E-state index is 12.6. The number of methoxy groups -OCH3 is 1. The van der Waals surface area contributed by atoms with Gasteiger partial charge >= 0.3 is 6.03 Å². The second-order valence-electron chi connectivity index (χ2n) is 6.18. The first-order chi connectivity index (χ1) is 12.0. The number of hydrogen-bond donors (Lipinski definition) is 2. The molecule has 0 aliphatic carbocycles. The first-order valence-corrected chi connectivity index (χ1v) is 8.39. The smallest absolute Gasteiger partial charge is 0.322 e. The number of nitrogens with zero attached hydrogens (tertiary/aromatic N) is 2. The van der Waals surface area contributed by atoms with Gasteiger partial charge in [0.2, 0.25) is 5.91 Å². The van der Waals surface area contributed by atoms with Gasteiger partial charge in [-0.15, -0.1) is 0 Å². The molecule has 1 aromatic rings. The molecule has 2 atom stereocenters. The van der Waals surface area contributed by atoms with E-state index in [-0.39, 0.29) is 23.9 Å². The summed E-state index contributed by atoms with van der Waals surface area (Å²) in [4.78, 5) is 26.5. The molecule has 1 aliphatic heterocycles. The molecule has 0 aromatic heterocycles. The number of nitriles is 1. The molecular formula is C18H24N4O3. The SMILES string of the molecule is COCCNC(=O)C1CCC(C)N(C(=O)Nc2cccc(C#N)c2)C1. The topological polar surface area (TPSA) is 94.5 Å². The third kappa shape index (κ3) is 5.19. The van der Waals surface area contributed by atoms with Gasteiger partial charge < -0.3 is 20.3 Å². The first kappa shape index (κ1) is 18.7. The molecule has 2 N–H and O–H groups in total. The molecule has 0 radical (unpaired) electrons. The number of ether oxygens (including phenoxy) is 1. The number of benzene rings is 1. The van der Waals surface area contributed by atoms with Gasteiger partial charge in [-0.1, -0.05) is 6.07 Å². The Morgan fingerprint density at radius 1 is 1.40 bits per heavy atom. The van der Waals surface area contributed by atoms with Crippen LogP contribution >= 0.6 is 0 Å². The van der Waals surface area contributed by atoms with Crippen molar-refractivity contribution < 1.29 is 14.3 Å². The molecule has 7 nitrogen and oxygen atoms in total. The van der Waals surface area contributed by atoms with E-state index in [4.69, 9.17) is 10.00 Å². The van der Waals surface area contributed by atoms with Gasteiger partial charge in [-0.25, -0.2) is 4.79 Å². The molecule has 2 unspecified atom stereocenters. The number of likely N-dealkylation sites (tertiary alicyclic amines) is 1. The molecule has 7 heteroatoms. The van der Waals surface area contributed by atoms with Crippen LogP contribution in [0.4, 0.5) is 10.5 Å². The number of urea groups is 1. The number of amides is 3. The molecule has 0 spiro atoms. The lowest BCUT2D eigenvalue weighted by Crippen LogP contribution is -2.51. The average molecular weight is 344 g/mol. The minimum absolute atomic E-state index is 0.0479. The quantitative estimate of drug-likeness (QED) is 0.798. The third-order valence-corrected chi connectivity index (χ3v) is 4.36. The maximum atomic E-state index is 12.6.